The minimum absolute atomic E-state index is 0.0766. The van der Waals surface area contributed by atoms with Gasteiger partial charge in [-0.2, -0.15) is 0 Å². The molecule has 0 aromatic heterocycles. The van der Waals surface area contributed by atoms with Crippen LogP contribution in [0, 0.1) is 46.3 Å². The summed E-state index contributed by atoms with van der Waals surface area (Å²) < 4.78 is 0. The van der Waals surface area contributed by atoms with Crippen molar-refractivity contribution in [2.24, 2.45) is 46.3 Å². The van der Waals surface area contributed by atoms with E-state index in [0.29, 0.717) is 10.8 Å². The van der Waals surface area contributed by atoms with Crippen LogP contribution < -0.4 is 0 Å². The molecule has 0 spiro atoms. The quantitative estimate of drug-likeness (QED) is 0.488. The van der Waals surface area contributed by atoms with Crippen LogP contribution in [0.4, 0.5) is 0 Å². The SMILES string of the molecule is CC(C)CCC[C@@H](C)C1CCC2C3CC=C4C[C@@H](O)CCC4(C)C3CCC21C. The molecule has 0 aromatic rings. The molecule has 1 nitrogen and oxygen atoms in total. The Kier molecular flexibility index (Phi) is 5.80. The van der Waals surface area contributed by atoms with Crippen molar-refractivity contribution in [3.05, 3.63) is 11.6 Å². The molecule has 0 bridgehead atoms. The Morgan fingerprint density at radius 1 is 1.00 bits per heavy atom. The van der Waals surface area contributed by atoms with E-state index in [1.165, 1.54) is 57.8 Å². The smallest absolute Gasteiger partial charge is 0.0577 e. The van der Waals surface area contributed by atoms with Crippen molar-refractivity contribution >= 4 is 0 Å². The van der Waals surface area contributed by atoms with Gasteiger partial charge in [-0.15, -0.1) is 0 Å². The summed E-state index contributed by atoms with van der Waals surface area (Å²) in [5.41, 5.74) is 2.60. The van der Waals surface area contributed by atoms with Crippen LogP contribution in [0.2, 0.25) is 0 Å². The first kappa shape index (κ1) is 21.0. The lowest BCUT2D eigenvalue weighted by molar-refractivity contribution is -0.0573. The second kappa shape index (κ2) is 7.75. The highest BCUT2D eigenvalue weighted by atomic mass is 16.3. The molecular formula is C27H46O. The van der Waals surface area contributed by atoms with E-state index < -0.39 is 0 Å². The summed E-state index contributed by atoms with van der Waals surface area (Å²) in [6, 6.07) is 0. The van der Waals surface area contributed by atoms with Crippen LogP contribution in [-0.4, -0.2) is 11.2 Å². The van der Waals surface area contributed by atoms with Gasteiger partial charge in [-0.3, -0.25) is 0 Å². The number of allylic oxidation sites excluding steroid dienone is 1. The van der Waals surface area contributed by atoms with E-state index >= 15 is 0 Å². The van der Waals surface area contributed by atoms with E-state index in [0.717, 1.165) is 48.3 Å². The molecule has 0 aromatic carbocycles. The lowest BCUT2D eigenvalue weighted by Gasteiger charge is -2.58. The standard InChI is InChI=1S/C27H46O/c1-18(2)7-6-8-19(3)23-11-12-24-22-10-9-20-17-21(28)13-15-26(20,4)25(22)14-16-27(23,24)5/h9,18-19,21-25,28H,6-8,10-17H2,1-5H3/t19-,21+,22?,23?,24?,25?,26?,27?/m1/s1. The zero-order chi connectivity index (χ0) is 20.1. The summed E-state index contributed by atoms with van der Waals surface area (Å²) in [6.45, 7) is 12.6. The topological polar surface area (TPSA) is 20.2 Å². The van der Waals surface area contributed by atoms with Gasteiger partial charge in [-0.1, -0.05) is 65.5 Å². The number of aliphatic hydroxyl groups is 1. The molecule has 1 heteroatoms. The van der Waals surface area contributed by atoms with Crippen LogP contribution in [0.1, 0.15) is 105 Å². The number of rotatable bonds is 5. The van der Waals surface area contributed by atoms with Gasteiger partial charge in [-0.25, -0.2) is 0 Å². The highest BCUT2D eigenvalue weighted by Crippen LogP contribution is 2.67. The van der Waals surface area contributed by atoms with Crippen molar-refractivity contribution < 1.29 is 5.11 Å². The molecule has 0 heterocycles. The van der Waals surface area contributed by atoms with Gasteiger partial charge in [-0.05, 0) is 97.7 Å². The fourth-order valence-corrected chi connectivity index (χ4v) is 8.67. The fourth-order valence-electron chi connectivity index (χ4n) is 8.67. The highest BCUT2D eigenvalue weighted by Gasteiger charge is 2.59. The van der Waals surface area contributed by atoms with Crippen molar-refractivity contribution in [2.45, 2.75) is 111 Å². The third-order valence-corrected chi connectivity index (χ3v) is 10.3. The summed E-state index contributed by atoms with van der Waals surface area (Å²) in [5.74, 6) is 5.46. The van der Waals surface area contributed by atoms with Crippen LogP contribution >= 0.6 is 0 Å². The summed E-state index contributed by atoms with van der Waals surface area (Å²) in [6.07, 6.45) is 17.2. The predicted octanol–water partition coefficient (Wildman–Crippen LogP) is 7.39. The summed E-state index contributed by atoms with van der Waals surface area (Å²) in [5, 5.41) is 10.2. The van der Waals surface area contributed by atoms with E-state index in [9.17, 15) is 5.11 Å². The van der Waals surface area contributed by atoms with Crippen molar-refractivity contribution in [1.29, 1.82) is 0 Å². The van der Waals surface area contributed by atoms with E-state index in [1.807, 2.05) is 0 Å². The van der Waals surface area contributed by atoms with Gasteiger partial charge in [0.25, 0.3) is 0 Å². The maximum absolute atomic E-state index is 10.2. The van der Waals surface area contributed by atoms with Crippen LogP contribution in [0.25, 0.3) is 0 Å². The van der Waals surface area contributed by atoms with Crippen LogP contribution in [0.15, 0.2) is 11.6 Å². The zero-order valence-corrected chi connectivity index (χ0v) is 19.3. The zero-order valence-electron chi connectivity index (χ0n) is 19.3. The van der Waals surface area contributed by atoms with Gasteiger partial charge in [0.05, 0.1) is 6.10 Å². The van der Waals surface area contributed by atoms with Gasteiger partial charge in [0.2, 0.25) is 0 Å². The average Bonchev–Trinajstić information content (AvgIpc) is 2.99. The minimum Gasteiger partial charge on any atom is -0.393 e. The van der Waals surface area contributed by atoms with E-state index in [1.54, 1.807) is 5.57 Å². The summed E-state index contributed by atoms with van der Waals surface area (Å²) in [4.78, 5) is 0. The molecular weight excluding hydrogens is 340 g/mol. The Bertz CT molecular complexity index is 591. The van der Waals surface area contributed by atoms with Crippen molar-refractivity contribution in [3.63, 3.8) is 0 Å². The maximum Gasteiger partial charge on any atom is 0.0577 e. The molecule has 28 heavy (non-hydrogen) atoms. The van der Waals surface area contributed by atoms with Crippen LogP contribution in [0.3, 0.4) is 0 Å². The largest absolute Gasteiger partial charge is 0.393 e. The molecule has 6 unspecified atom stereocenters. The minimum atomic E-state index is -0.0766. The Hall–Kier alpha value is -0.300. The van der Waals surface area contributed by atoms with Crippen molar-refractivity contribution in [2.75, 3.05) is 0 Å². The Labute approximate surface area is 174 Å². The lowest BCUT2D eigenvalue weighted by Crippen LogP contribution is -2.50. The van der Waals surface area contributed by atoms with Gasteiger partial charge >= 0.3 is 0 Å². The molecule has 160 valence electrons. The molecule has 4 aliphatic rings. The number of fused-ring (bicyclic) bond motifs is 5. The van der Waals surface area contributed by atoms with Crippen LogP contribution in [0.5, 0.6) is 0 Å². The van der Waals surface area contributed by atoms with E-state index in [2.05, 4.69) is 40.7 Å². The first-order valence-corrected chi connectivity index (χ1v) is 12.6. The number of aliphatic hydroxyl groups excluding tert-OH is 1. The normalized spacial score (nSPS) is 46.5. The Morgan fingerprint density at radius 3 is 2.54 bits per heavy atom. The number of hydrogen-bond donors (Lipinski definition) is 1. The van der Waals surface area contributed by atoms with Gasteiger partial charge in [0, 0.05) is 0 Å². The van der Waals surface area contributed by atoms with Crippen molar-refractivity contribution in [3.8, 4) is 0 Å². The van der Waals surface area contributed by atoms with Crippen molar-refractivity contribution in [1.82, 2.24) is 0 Å². The number of hydrogen-bond acceptors (Lipinski definition) is 1. The molecule has 0 aliphatic heterocycles. The molecule has 4 rings (SSSR count). The van der Waals surface area contributed by atoms with Gasteiger partial charge in [0.15, 0.2) is 0 Å². The third kappa shape index (κ3) is 3.42. The van der Waals surface area contributed by atoms with Gasteiger partial charge in [0.1, 0.15) is 0 Å². The summed E-state index contributed by atoms with van der Waals surface area (Å²) >= 11 is 0. The van der Waals surface area contributed by atoms with E-state index in [4.69, 9.17) is 0 Å². The first-order chi connectivity index (χ1) is 13.3. The maximum atomic E-state index is 10.2. The molecule has 0 radical (unpaired) electrons. The fraction of sp³-hybridized carbons (Fsp3) is 0.926. The first-order valence-electron chi connectivity index (χ1n) is 12.6. The highest BCUT2D eigenvalue weighted by molar-refractivity contribution is 5.25. The molecule has 0 amide bonds. The lowest BCUT2D eigenvalue weighted by atomic mass is 9.47. The predicted molar refractivity (Wildman–Crippen MR) is 119 cm³/mol. The molecule has 1 N–H and O–H groups in total. The van der Waals surface area contributed by atoms with E-state index in [-0.39, 0.29) is 6.10 Å². The Balaban J connectivity index is 1.49. The average molecular weight is 387 g/mol. The molecule has 0 saturated heterocycles. The molecule has 3 saturated carbocycles. The van der Waals surface area contributed by atoms with Gasteiger partial charge < -0.3 is 5.11 Å². The summed E-state index contributed by atoms with van der Waals surface area (Å²) in [7, 11) is 0. The molecule has 3 fully saturated rings. The second-order valence-corrected chi connectivity index (χ2v) is 12.2. The molecule has 4 aliphatic carbocycles. The monoisotopic (exact) mass is 386 g/mol. The van der Waals surface area contributed by atoms with Crippen LogP contribution in [-0.2, 0) is 0 Å². The molecule has 8 atom stereocenters. The Morgan fingerprint density at radius 2 is 1.79 bits per heavy atom. The third-order valence-electron chi connectivity index (χ3n) is 10.3. The second-order valence-electron chi connectivity index (χ2n) is 12.2.